The third kappa shape index (κ3) is 5.18. The van der Waals surface area contributed by atoms with Gasteiger partial charge in [0.15, 0.2) is 5.78 Å². The minimum atomic E-state index is -1.16. The second-order valence-corrected chi connectivity index (χ2v) is 7.16. The van der Waals surface area contributed by atoms with Crippen LogP contribution in [0.15, 0.2) is 83.3 Å². The van der Waals surface area contributed by atoms with Gasteiger partial charge in [-0.3, -0.25) is 9.59 Å². The Morgan fingerprint density at radius 3 is 2.28 bits per heavy atom. The number of amides is 1. The molecule has 0 radical (unpaired) electrons. The molecule has 146 valence electrons. The van der Waals surface area contributed by atoms with Crippen LogP contribution >= 0.6 is 15.9 Å². The molecule has 0 aliphatic heterocycles. The molecule has 1 atom stereocenters. The van der Waals surface area contributed by atoms with E-state index in [0.717, 1.165) is 0 Å². The summed E-state index contributed by atoms with van der Waals surface area (Å²) in [5, 5.41) is 2.73. The van der Waals surface area contributed by atoms with Crippen molar-refractivity contribution < 1.29 is 19.1 Å². The number of nitrogens with one attached hydrogen (secondary N) is 1. The molecule has 0 aliphatic rings. The van der Waals surface area contributed by atoms with Gasteiger partial charge in [-0.15, -0.1) is 0 Å². The topological polar surface area (TPSA) is 72.5 Å². The Hall–Kier alpha value is -3.25. The molecule has 0 bridgehead atoms. The highest BCUT2D eigenvalue weighted by Crippen LogP contribution is 2.24. The second-order valence-electron chi connectivity index (χ2n) is 6.30. The fourth-order valence-corrected chi connectivity index (χ4v) is 3.17. The molecule has 1 N–H and O–H groups in total. The molecule has 0 heterocycles. The predicted octanol–water partition coefficient (Wildman–Crippen LogP) is 5.19. The van der Waals surface area contributed by atoms with E-state index in [1.165, 1.54) is 6.92 Å². The summed E-state index contributed by atoms with van der Waals surface area (Å²) in [4.78, 5) is 37.2. The number of esters is 1. The average Bonchev–Trinajstić information content (AvgIpc) is 2.73. The molecule has 0 aromatic heterocycles. The van der Waals surface area contributed by atoms with Crippen LogP contribution in [0.5, 0.6) is 0 Å². The SMILES string of the molecule is CC(=O)c1cccc(NC(=O)[C@H](OC(=O)c2ccccc2Br)c2ccccc2)c1. The van der Waals surface area contributed by atoms with Gasteiger partial charge in [0.2, 0.25) is 6.10 Å². The van der Waals surface area contributed by atoms with Crippen LogP contribution in [0.25, 0.3) is 0 Å². The Labute approximate surface area is 176 Å². The van der Waals surface area contributed by atoms with Crippen molar-refractivity contribution >= 4 is 39.3 Å². The third-order valence-electron chi connectivity index (χ3n) is 4.20. The van der Waals surface area contributed by atoms with Crippen molar-refractivity contribution in [2.75, 3.05) is 5.32 Å². The molecular weight excluding hydrogens is 434 g/mol. The van der Waals surface area contributed by atoms with E-state index < -0.39 is 18.0 Å². The Kier molecular flexibility index (Phi) is 6.57. The lowest BCUT2D eigenvalue weighted by Crippen LogP contribution is -2.26. The average molecular weight is 452 g/mol. The maximum Gasteiger partial charge on any atom is 0.340 e. The van der Waals surface area contributed by atoms with Crippen molar-refractivity contribution in [3.8, 4) is 0 Å². The van der Waals surface area contributed by atoms with E-state index in [9.17, 15) is 14.4 Å². The summed E-state index contributed by atoms with van der Waals surface area (Å²) in [6, 6.07) is 22.2. The fraction of sp³-hybridized carbons (Fsp3) is 0.0870. The van der Waals surface area contributed by atoms with Crippen LogP contribution in [0.3, 0.4) is 0 Å². The molecule has 29 heavy (non-hydrogen) atoms. The van der Waals surface area contributed by atoms with Crippen molar-refractivity contribution in [1.82, 2.24) is 0 Å². The minimum Gasteiger partial charge on any atom is -0.444 e. The highest BCUT2D eigenvalue weighted by molar-refractivity contribution is 9.10. The van der Waals surface area contributed by atoms with E-state index in [1.54, 1.807) is 72.8 Å². The van der Waals surface area contributed by atoms with Gasteiger partial charge in [-0.1, -0.05) is 54.6 Å². The molecule has 3 aromatic rings. The largest absolute Gasteiger partial charge is 0.444 e. The predicted molar refractivity (Wildman–Crippen MR) is 114 cm³/mol. The molecule has 0 saturated carbocycles. The number of benzene rings is 3. The van der Waals surface area contributed by atoms with Gasteiger partial charge in [-0.05, 0) is 47.1 Å². The van der Waals surface area contributed by atoms with Crippen LogP contribution in [-0.2, 0) is 9.53 Å². The summed E-state index contributed by atoms with van der Waals surface area (Å²) < 4.78 is 6.14. The van der Waals surface area contributed by atoms with E-state index in [-0.39, 0.29) is 5.78 Å². The van der Waals surface area contributed by atoms with Gasteiger partial charge < -0.3 is 10.1 Å². The maximum atomic E-state index is 13.0. The molecule has 0 fully saturated rings. The molecule has 1 amide bonds. The minimum absolute atomic E-state index is 0.110. The first-order valence-electron chi connectivity index (χ1n) is 8.88. The number of hydrogen-bond acceptors (Lipinski definition) is 4. The fourth-order valence-electron chi connectivity index (χ4n) is 2.72. The molecule has 0 unspecified atom stereocenters. The van der Waals surface area contributed by atoms with Crippen LogP contribution in [0.1, 0.15) is 39.3 Å². The Morgan fingerprint density at radius 2 is 1.59 bits per heavy atom. The van der Waals surface area contributed by atoms with Gasteiger partial charge in [0, 0.05) is 21.3 Å². The van der Waals surface area contributed by atoms with Crippen LogP contribution in [0.2, 0.25) is 0 Å². The van der Waals surface area contributed by atoms with Gasteiger partial charge in [0.1, 0.15) is 0 Å². The molecule has 0 saturated heterocycles. The summed E-state index contributed by atoms with van der Waals surface area (Å²) in [6.45, 7) is 1.45. The maximum absolute atomic E-state index is 13.0. The normalized spacial score (nSPS) is 11.4. The van der Waals surface area contributed by atoms with Gasteiger partial charge in [-0.2, -0.15) is 0 Å². The Morgan fingerprint density at radius 1 is 0.897 bits per heavy atom. The summed E-state index contributed by atoms with van der Waals surface area (Å²) >= 11 is 3.32. The van der Waals surface area contributed by atoms with E-state index in [4.69, 9.17) is 4.74 Å². The lowest BCUT2D eigenvalue weighted by molar-refractivity contribution is -0.125. The number of carbonyl (C=O) groups excluding carboxylic acids is 3. The van der Waals surface area contributed by atoms with E-state index in [2.05, 4.69) is 21.2 Å². The van der Waals surface area contributed by atoms with Crippen molar-refractivity contribution in [3.63, 3.8) is 0 Å². The van der Waals surface area contributed by atoms with Crippen molar-refractivity contribution in [3.05, 3.63) is 100 Å². The molecule has 6 heteroatoms. The first-order valence-corrected chi connectivity index (χ1v) is 9.67. The zero-order valence-electron chi connectivity index (χ0n) is 15.6. The lowest BCUT2D eigenvalue weighted by Gasteiger charge is -2.18. The van der Waals surface area contributed by atoms with Crippen LogP contribution < -0.4 is 5.32 Å². The van der Waals surface area contributed by atoms with E-state index in [0.29, 0.717) is 26.9 Å². The second kappa shape index (κ2) is 9.30. The number of rotatable bonds is 6. The number of ether oxygens (including phenoxy) is 1. The van der Waals surface area contributed by atoms with Gasteiger partial charge in [0.05, 0.1) is 5.56 Å². The molecule has 3 aromatic carbocycles. The number of halogens is 1. The number of hydrogen-bond donors (Lipinski definition) is 1. The smallest absolute Gasteiger partial charge is 0.340 e. The zero-order chi connectivity index (χ0) is 20.8. The van der Waals surface area contributed by atoms with Crippen molar-refractivity contribution in [2.45, 2.75) is 13.0 Å². The van der Waals surface area contributed by atoms with Crippen molar-refractivity contribution in [1.29, 1.82) is 0 Å². The molecule has 0 aliphatic carbocycles. The first-order chi connectivity index (χ1) is 14.0. The molecule has 3 rings (SSSR count). The molecule has 0 spiro atoms. The monoisotopic (exact) mass is 451 g/mol. The summed E-state index contributed by atoms with van der Waals surface area (Å²) in [6.07, 6.45) is -1.16. The van der Waals surface area contributed by atoms with E-state index in [1.807, 2.05) is 6.07 Å². The summed E-state index contributed by atoms with van der Waals surface area (Å²) in [7, 11) is 0. The first kappa shape index (κ1) is 20.5. The van der Waals surface area contributed by atoms with Crippen LogP contribution in [0.4, 0.5) is 5.69 Å². The zero-order valence-corrected chi connectivity index (χ0v) is 17.2. The highest BCUT2D eigenvalue weighted by atomic mass is 79.9. The van der Waals surface area contributed by atoms with Gasteiger partial charge in [-0.25, -0.2) is 4.79 Å². The number of anilines is 1. The Balaban J connectivity index is 1.87. The molecule has 5 nitrogen and oxygen atoms in total. The van der Waals surface area contributed by atoms with E-state index >= 15 is 0 Å². The highest BCUT2D eigenvalue weighted by Gasteiger charge is 2.26. The van der Waals surface area contributed by atoms with Crippen LogP contribution in [0, 0.1) is 0 Å². The lowest BCUT2D eigenvalue weighted by atomic mass is 10.1. The summed E-state index contributed by atoms with van der Waals surface area (Å²) in [5.41, 5.74) is 1.78. The number of Topliss-reactive ketones (excluding diaryl/α,β-unsaturated/α-hetero) is 1. The van der Waals surface area contributed by atoms with Crippen LogP contribution in [-0.4, -0.2) is 17.7 Å². The Bertz CT molecular complexity index is 1050. The summed E-state index contributed by atoms with van der Waals surface area (Å²) in [5.74, 6) is -1.25. The quantitative estimate of drug-likeness (QED) is 0.413. The van der Waals surface area contributed by atoms with Gasteiger partial charge in [0.25, 0.3) is 5.91 Å². The van der Waals surface area contributed by atoms with Gasteiger partial charge >= 0.3 is 5.97 Å². The number of ketones is 1. The third-order valence-corrected chi connectivity index (χ3v) is 4.89. The molecular formula is C23H18BrNO4. The standard InChI is InChI=1S/C23H18BrNO4/c1-15(26)17-10-7-11-18(14-17)25-22(27)21(16-8-3-2-4-9-16)29-23(28)19-12-5-6-13-20(19)24/h2-14,21H,1H3,(H,25,27)/t21-/m1/s1. The number of carbonyl (C=O) groups is 3. The van der Waals surface area contributed by atoms with Crippen molar-refractivity contribution in [2.24, 2.45) is 0 Å².